The topological polar surface area (TPSA) is 41.3 Å². The third kappa shape index (κ3) is 2.83. The maximum absolute atomic E-state index is 6.36. The molecule has 3 N–H and O–H groups in total. The van der Waals surface area contributed by atoms with Crippen molar-refractivity contribution in [2.24, 2.45) is 11.1 Å². The van der Waals surface area contributed by atoms with Crippen LogP contribution >= 0.6 is 0 Å². The zero-order valence-corrected chi connectivity index (χ0v) is 11.8. The van der Waals surface area contributed by atoms with Gasteiger partial charge in [-0.05, 0) is 23.9 Å². The van der Waals surface area contributed by atoms with Gasteiger partial charge >= 0.3 is 0 Å². The van der Waals surface area contributed by atoms with Crippen molar-refractivity contribution in [3.8, 4) is 0 Å². The van der Waals surface area contributed by atoms with E-state index in [1.807, 2.05) is 0 Å². The van der Waals surface area contributed by atoms with Crippen molar-refractivity contribution in [1.82, 2.24) is 10.2 Å². The third-order valence-electron chi connectivity index (χ3n) is 4.73. The van der Waals surface area contributed by atoms with E-state index in [0.29, 0.717) is 11.3 Å². The van der Waals surface area contributed by atoms with Crippen LogP contribution in [-0.4, -0.2) is 43.7 Å². The number of nitrogens with zero attached hydrogens (tertiary/aromatic N) is 1. The Balaban J connectivity index is 1.65. The maximum Gasteiger partial charge on any atom is 0.0249 e. The van der Waals surface area contributed by atoms with E-state index in [1.165, 1.54) is 25.1 Å². The summed E-state index contributed by atoms with van der Waals surface area (Å²) in [6.45, 7) is 8.04. The summed E-state index contributed by atoms with van der Waals surface area (Å²) in [6.07, 6.45) is 1.29. The molecular formula is C16H25N3. The van der Waals surface area contributed by atoms with E-state index in [9.17, 15) is 0 Å². The molecule has 19 heavy (non-hydrogen) atoms. The standard InChI is InChI=1S/C16H25N3/c1-16(7-8-18-11-16)12-19-9-14(15(17)10-19)13-5-3-2-4-6-13/h2-6,14-15,18H,7-12,17H2,1H3/t14-,15+,16?/m0/s1. The van der Waals surface area contributed by atoms with E-state index in [2.05, 4.69) is 47.5 Å². The number of likely N-dealkylation sites (tertiary alicyclic amines) is 1. The minimum Gasteiger partial charge on any atom is -0.326 e. The number of rotatable bonds is 3. The summed E-state index contributed by atoms with van der Waals surface area (Å²) >= 11 is 0. The smallest absolute Gasteiger partial charge is 0.0249 e. The molecule has 0 radical (unpaired) electrons. The Morgan fingerprint density at radius 2 is 2.11 bits per heavy atom. The first kappa shape index (κ1) is 13.1. The van der Waals surface area contributed by atoms with Crippen LogP contribution in [0.25, 0.3) is 0 Å². The molecule has 2 heterocycles. The van der Waals surface area contributed by atoms with Crippen molar-refractivity contribution in [1.29, 1.82) is 0 Å². The van der Waals surface area contributed by atoms with E-state index in [1.54, 1.807) is 0 Å². The third-order valence-corrected chi connectivity index (χ3v) is 4.73. The molecule has 2 aliphatic heterocycles. The Hall–Kier alpha value is -0.900. The van der Waals surface area contributed by atoms with Gasteiger partial charge in [0, 0.05) is 38.1 Å². The lowest BCUT2D eigenvalue weighted by Gasteiger charge is -2.29. The van der Waals surface area contributed by atoms with Crippen molar-refractivity contribution in [3.63, 3.8) is 0 Å². The molecule has 104 valence electrons. The van der Waals surface area contributed by atoms with Gasteiger partial charge < -0.3 is 16.0 Å². The first-order valence-corrected chi connectivity index (χ1v) is 7.40. The predicted molar refractivity (Wildman–Crippen MR) is 79.2 cm³/mol. The maximum atomic E-state index is 6.36. The molecule has 2 aliphatic rings. The molecule has 2 fully saturated rings. The fourth-order valence-corrected chi connectivity index (χ4v) is 3.64. The Kier molecular flexibility index (Phi) is 3.61. The van der Waals surface area contributed by atoms with Gasteiger partial charge in [0.05, 0.1) is 0 Å². The molecule has 0 saturated carbocycles. The zero-order valence-electron chi connectivity index (χ0n) is 11.8. The first-order chi connectivity index (χ1) is 9.16. The van der Waals surface area contributed by atoms with Gasteiger partial charge in [0.15, 0.2) is 0 Å². The number of benzene rings is 1. The Bertz CT molecular complexity index is 411. The summed E-state index contributed by atoms with van der Waals surface area (Å²) in [4.78, 5) is 2.56. The lowest BCUT2D eigenvalue weighted by molar-refractivity contribution is 0.206. The van der Waals surface area contributed by atoms with Crippen molar-refractivity contribution in [3.05, 3.63) is 35.9 Å². The molecule has 0 amide bonds. The van der Waals surface area contributed by atoms with Crippen molar-refractivity contribution in [2.75, 3.05) is 32.7 Å². The van der Waals surface area contributed by atoms with Crippen LogP contribution in [0.3, 0.4) is 0 Å². The van der Waals surface area contributed by atoms with Gasteiger partial charge in [-0.3, -0.25) is 0 Å². The Morgan fingerprint density at radius 3 is 2.79 bits per heavy atom. The summed E-state index contributed by atoms with van der Waals surface area (Å²) in [5, 5.41) is 3.48. The predicted octanol–water partition coefficient (Wildman–Crippen LogP) is 1.41. The first-order valence-electron chi connectivity index (χ1n) is 7.40. The van der Waals surface area contributed by atoms with Gasteiger partial charge in [0.2, 0.25) is 0 Å². The van der Waals surface area contributed by atoms with Crippen molar-refractivity contribution in [2.45, 2.75) is 25.3 Å². The summed E-state index contributed by atoms with van der Waals surface area (Å²) in [5.41, 5.74) is 8.19. The number of hydrogen-bond acceptors (Lipinski definition) is 3. The van der Waals surface area contributed by atoms with Crippen LogP contribution in [-0.2, 0) is 0 Å². The van der Waals surface area contributed by atoms with Crippen molar-refractivity contribution >= 4 is 0 Å². The summed E-state index contributed by atoms with van der Waals surface area (Å²) in [5.74, 6) is 0.499. The van der Waals surface area contributed by atoms with Crippen molar-refractivity contribution < 1.29 is 0 Å². The fraction of sp³-hybridized carbons (Fsp3) is 0.625. The largest absolute Gasteiger partial charge is 0.326 e. The molecule has 1 aromatic rings. The summed E-state index contributed by atoms with van der Waals surface area (Å²) in [7, 11) is 0. The highest BCUT2D eigenvalue weighted by Gasteiger charge is 2.36. The zero-order chi connectivity index (χ0) is 13.3. The lowest BCUT2D eigenvalue weighted by Crippen LogP contribution is -2.37. The Labute approximate surface area is 116 Å². The lowest BCUT2D eigenvalue weighted by atomic mass is 9.89. The van der Waals surface area contributed by atoms with Gasteiger partial charge in [-0.2, -0.15) is 0 Å². The minimum atomic E-state index is 0.278. The van der Waals surface area contributed by atoms with E-state index in [-0.39, 0.29) is 6.04 Å². The van der Waals surface area contributed by atoms with E-state index < -0.39 is 0 Å². The second kappa shape index (κ2) is 5.23. The monoisotopic (exact) mass is 259 g/mol. The van der Waals surface area contributed by atoms with Crippen LogP contribution in [0.2, 0.25) is 0 Å². The highest BCUT2D eigenvalue weighted by Crippen LogP contribution is 2.31. The number of hydrogen-bond donors (Lipinski definition) is 2. The van der Waals surface area contributed by atoms with Crippen LogP contribution in [0, 0.1) is 5.41 Å². The van der Waals surface area contributed by atoms with Crippen LogP contribution in [0.4, 0.5) is 0 Å². The molecular weight excluding hydrogens is 234 g/mol. The molecule has 3 heteroatoms. The molecule has 0 spiro atoms. The molecule has 1 unspecified atom stereocenters. The van der Waals surface area contributed by atoms with Gasteiger partial charge in [-0.25, -0.2) is 0 Å². The van der Waals surface area contributed by atoms with E-state index >= 15 is 0 Å². The molecule has 0 bridgehead atoms. The van der Waals surface area contributed by atoms with E-state index in [4.69, 9.17) is 5.73 Å². The second-order valence-electron chi connectivity index (χ2n) is 6.61. The number of nitrogens with two attached hydrogens (primary N) is 1. The molecule has 0 aromatic heterocycles. The van der Waals surface area contributed by atoms with Crippen LogP contribution < -0.4 is 11.1 Å². The number of nitrogens with one attached hydrogen (secondary N) is 1. The van der Waals surface area contributed by atoms with Gasteiger partial charge in [-0.15, -0.1) is 0 Å². The normalized spacial score (nSPS) is 35.9. The average Bonchev–Trinajstić information content (AvgIpc) is 2.97. The SMILES string of the molecule is CC1(CN2C[C@@H](N)[C@H](c3ccccc3)C2)CCNC1. The van der Waals surface area contributed by atoms with Crippen LogP contribution in [0.1, 0.15) is 24.8 Å². The molecule has 0 aliphatic carbocycles. The molecule has 3 nitrogen and oxygen atoms in total. The molecule has 2 saturated heterocycles. The van der Waals surface area contributed by atoms with Crippen LogP contribution in [0.15, 0.2) is 30.3 Å². The van der Waals surface area contributed by atoms with Gasteiger partial charge in [0.1, 0.15) is 0 Å². The van der Waals surface area contributed by atoms with E-state index in [0.717, 1.165) is 19.6 Å². The molecule has 3 rings (SSSR count). The van der Waals surface area contributed by atoms with Gasteiger partial charge in [-0.1, -0.05) is 37.3 Å². The Morgan fingerprint density at radius 1 is 1.32 bits per heavy atom. The summed E-state index contributed by atoms with van der Waals surface area (Å²) in [6, 6.07) is 11.0. The van der Waals surface area contributed by atoms with Gasteiger partial charge in [0.25, 0.3) is 0 Å². The average molecular weight is 259 g/mol. The highest BCUT2D eigenvalue weighted by molar-refractivity contribution is 5.23. The molecule has 1 aromatic carbocycles. The fourth-order valence-electron chi connectivity index (χ4n) is 3.64. The summed E-state index contributed by atoms with van der Waals surface area (Å²) < 4.78 is 0. The molecule has 3 atom stereocenters. The highest BCUT2D eigenvalue weighted by atomic mass is 15.2. The second-order valence-corrected chi connectivity index (χ2v) is 6.61. The minimum absolute atomic E-state index is 0.278. The van der Waals surface area contributed by atoms with Crippen LogP contribution in [0.5, 0.6) is 0 Å². The quantitative estimate of drug-likeness (QED) is 0.862.